The summed E-state index contributed by atoms with van der Waals surface area (Å²) < 4.78 is 5.50. The quantitative estimate of drug-likeness (QED) is 0.769. The van der Waals surface area contributed by atoms with Crippen molar-refractivity contribution in [3.8, 4) is 5.75 Å². The van der Waals surface area contributed by atoms with Crippen LogP contribution >= 0.6 is 0 Å². The monoisotopic (exact) mass is 245 g/mol. The highest BCUT2D eigenvalue weighted by Crippen LogP contribution is 2.35. The molecule has 1 aromatic carbocycles. The fraction of sp³-hybridized carbons (Fsp3) is 0.500. The van der Waals surface area contributed by atoms with Crippen molar-refractivity contribution in [3.05, 3.63) is 41.5 Å². The van der Waals surface area contributed by atoms with Crippen LogP contribution in [0.5, 0.6) is 5.75 Å². The van der Waals surface area contributed by atoms with Gasteiger partial charge >= 0.3 is 0 Å². The van der Waals surface area contributed by atoms with Gasteiger partial charge in [-0.3, -0.25) is 0 Å². The van der Waals surface area contributed by atoms with Crippen LogP contribution in [0.2, 0.25) is 0 Å². The van der Waals surface area contributed by atoms with Gasteiger partial charge in [-0.1, -0.05) is 36.8 Å². The zero-order chi connectivity index (χ0) is 12.8. The van der Waals surface area contributed by atoms with E-state index in [2.05, 4.69) is 30.4 Å². The highest BCUT2D eigenvalue weighted by atomic mass is 16.5. The van der Waals surface area contributed by atoms with Gasteiger partial charge in [-0.05, 0) is 38.3 Å². The van der Waals surface area contributed by atoms with Crippen LogP contribution < -0.4 is 10.1 Å². The molecule has 0 aliphatic heterocycles. The molecule has 0 aromatic heterocycles. The molecule has 1 N–H and O–H groups in total. The topological polar surface area (TPSA) is 21.3 Å². The van der Waals surface area contributed by atoms with E-state index in [0.717, 1.165) is 18.7 Å². The second-order valence-electron chi connectivity index (χ2n) is 4.80. The van der Waals surface area contributed by atoms with Crippen LogP contribution in [0.25, 0.3) is 0 Å². The summed E-state index contributed by atoms with van der Waals surface area (Å²) in [5, 5.41) is 3.65. The molecule has 0 fully saturated rings. The van der Waals surface area contributed by atoms with Crippen LogP contribution in [0.3, 0.4) is 0 Å². The molecular weight excluding hydrogens is 222 g/mol. The van der Waals surface area contributed by atoms with Crippen LogP contribution in [-0.2, 0) is 0 Å². The third-order valence-electron chi connectivity index (χ3n) is 3.50. The molecule has 0 heterocycles. The molecule has 1 aliphatic carbocycles. The average Bonchev–Trinajstić information content (AvgIpc) is 2.94. The number of hydrogen-bond acceptors (Lipinski definition) is 2. The summed E-state index contributed by atoms with van der Waals surface area (Å²) in [5.41, 5.74) is 2.79. The van der Waals surface area contributed by atoms with Crippen LogP contribution in [-0.4, -0.2) is 13.7 Å². The van der Waals surface area contributed by atoms with Gasteiger partial charge in [0.15, 0.2) is 0 Å². The van der Waals surface area contributed by atoms with E-state index in [4.69, 9.17) is 4.74 Å². The van der Waals surface area contributed by atoms with Gasteiger partial charge in [-0.25, -0.2) is 0 Å². The highest BCUT2D eigenvalue weighted by Gasteiger charge is 2.21. The van der Waals surface area contributed by atoms with Crippen molar-refractivity contribution in [2.45, 2.75) is 38.6 Å². The van der Waals surface area contributed by atoms with Gasteiger partial charge in [-0.15, -0.1) is 0 Å². The van der Waals surface area contributed by atoms with E-state index >= 15 is 0 Å². The lowest BCUT2D eigenvalue weighted by atomic mass is 9.97. The molecule has 98 valence electrons. The van der Waals surface area contributed by atoms with E-state index in [0.29, 0.717) is 6.04 Å². The second-order valence-corrected chi connectivity index (χ2v) is 4.80. The second kappa shape index (κ2) is 6.60. The van der Waals surface area contributed by atoms with Crippen LogP contribution in [0.1, 0.15) is 44.2 Å². The molecule has 2 rings (SSSR count). The fourth-order valence-corrected chi connectivity index (χ4v) is 2.59. The minimum atomic E-state index is 0.323. The minimum Gasteiger partial charge on any atom is -0.496 e. The third kappa shape index (κ3) is 2.94. The summed E-state index contributed by atoms with van der Waals surface area (Å²) in [7, 11) is 1.75. The van der Waals surface area contributed by atoms with E-state index in [1.807, 2.05) is 12.1 Å². The molecule has 2 heteroatoms. The first-order valence-corrected chi connectivity index (χ1v) is 6.92. The largest absolute Gasteiger partial charge is 0.496 e. The normalized spacial score (nSPS) is 16.4. The number of rotatable bonds is 6. The predicted molar refractivity (Wildman–Crippen MR) is 76.0 cm³/mol. The van der Waals surface area contributed by atoms with Gasteiger partial charge in [0.1, 0.15) is 5.75 Å². The third-order valence-corrected chi connectivity index (χ3v) is 3.50. The molecule has 1 aromatic rings. The first-order valence-electron chi connectivity index (χ1n) is 6.92. The van der Waals surface area contributed by atoms with Gasteiger partial charge in [0.25, 0.3) is 0 Å². The Morgan fingerprint density at radius 2 is 2.17 bits per heavy atom. The molecule has 0 radical (unpaired) electrons. The van der Waals surface area contributed by atoms with Crippen molar-refractivity contribution < 1.29 is 4.74 Å². The van der Waals surface area contributed by atoms with E-state index in [1.54, 1.807) is 7.11 Å². The number of allylic oxidation sites excluding steroid dienone is 1. The Kier molecular flexibility index (Phi) is 4.82. The van der Waals surface area contributed by atoms with Crippen LogP contribution in [0, 0.1) is 0 Å². The Morgan fingerprint density at radius 3 is 2.83 bits per heavy atom. The molecule has 1 unspecified atom stereocenters. The van der Waals surface area contributed by atoms with Gasteiger partial charge < -0.3 is 10.1 Å². The number of benzene rings is 1. The van der Waals surface area contributed by atoms with Gasteiger partial charge in [0, 0.05) is 5.56 Å². The average molecular weight is 245 g/mol. The Labute approximate surface area is 110 Å². The lowest BCUT2D eigenvalue weighted by Gasteiger charge is -2.22. The van der Waals surface area contributed by atoms with Gasteiger partial charge in [0.05, 0.1) is 13.2 Å². The number of ether oxygens (including phenoxy) is 1. The highest BCUT2D eigenvalue weighted by molar-refractivity contribution is 5.40. The summed E-state index contributed by atoms with van der Waals surface area (Å²) in [6, 6.07) is 8.66. The van der Waals surface area contributed by atoms with Crippen molar-refractivity contribution in [2.24, 2.45) is 0 Å². The number of hydrogen-bond donors (Lipinski definition) is 1. The molecule has 1 aliphatic rings. The first-order chi connectivity index (χ1) is 8.86. The Balaban J connectivity index is 2.26. The summed E-state index contributed by atoms with van der Waals surface area (Å²) in [5.74, 6) is 0.985. The number of nitrogens with one attached hydrogen (secondary N) is 1. The minimum absolute atomic E-state index is 0.323. The molecule has 0 saturated carbocycles. The maximum atomic E-state index is 5.50. The lowest BCUT2D eigenvalue weighted by Crippen LogP contribution is -2.24. The summed E-state index contributed by atoms with van der Waals surface area (Å²) >= 11 is 0. The van der Waals surface area contributed by atoms with Gasteiger partial charge in [-0.2, -0.15) is 0 Å². The van der Waals surface area contributed by atoms with E-state index in [-0.39, 0.29) is 0 Å². The molecule has 0 saturated heterocycles. The van der Waals surface area contributed by atoms with Crippen molar-refractivity contribution in [1.29, 1.82) is 0 Å². The van der Waals surface area contributed by atoms with E-state index in [1.165, 1.54) is 30.4 Å². The standard InChI is InChI=1S/C16H23NO/c1-3-12-17-16(13-8-4-5-9-13)14-10-6-7-11-15(14)18-2/h6-8,10-11,16-17H,3-5,9,12H2,1-2H3. The molecular formula is C16H23NO. The zero-order valence-corrected chi connectivity index (χ0v) is 11.4. The van der Waals surface area contributed by atoms with Crippen molar-refractivity contribution in [1.82, 2.24) is 5.32 Å². The SMILES string of the molecule is CCCNC(C1=CCCC1)c1ccccc1OC. The molecule has 2 nitrogen and oxygen atoms in total. The molecule has 1 atom stereocenters. The predicted octanol–water partition coefficient (Wildman–Crippen LogP) is 3.85. The first kappa shape index (κ1) is 13.2. The molecule has 0 amide bonds. The number of methoxy groups -OCH3 is 1. The molecule has 0 spiro atoms. The van der Waals surface area contributed by atoms with Crippen molar-refractivity contribution in [2.75, 3.05) is 13.7 Å². The smallest absolute Gasteiger partial charge is 0.123 e. The Morgan fingerprint density at radius 1 is 1.33 bits per heavy atom. The van der Waals surface area contributed by atoms with E-state index < -0.39 is 0 Å². The van der Waals surface area contributed by atoms with Crippen molar-refractivity contribution >= 4 is 0 Å². The molecule has 0 bridgehead atoms. The maximum absolute atomic E-state index is 5.50. The number of para-hydroxylation sites is 1. The summed E-state index contributed by atoms with van der Waals surface area (Å²) in [6.07, 6.45) is 7.25. The van der Waals surface area contributed by atoms with Crippen LogP contribution in [0.15, 0.2) is 35.9 Å². The fourth-order valence-electron chi connectivity index (χ4n) is 2.59. The van der Waals surface area contributed by atoms with Crippen LogP contribution in [0.4, 0.5) is 0 Å². The maximum Gasteiger partial charge on any atom is 0.123 e. The van der Waals surface area contributed by atoms with Gasteiger partial charge in [0.2, 0.25) is 0 Å². The summed E-state index contributed by atoms with van der Waals surface area (Å²) in [4.78, 5) is 0. The summed E-state index contributed by atoms with van der Waals surface area (Å²) in [6.45, 7) is 3.25. The van der Waals surface area contributed by atoms with Crippen molar-refractivity contribution in [3.63, 3.8) is 0 Å². The molecule has 18 heavy (non-hydrogen) atoms. The lowest BCUT2D eigenvalue weighted by molar-refractivity contribution is 0.403. The Bertz CT molecular complexity index is 411. The Hall–Kier alpha value is -1.28. The zero-order valence-electron chi connectivity index (χ0n) is 11.4. The van der Waals surface area contributed by atoms with E-state index in [9.17, 15) is 0 Å².